The van der Waals surface area contributed by atoms with Gasteiger partial charge in [-0.25, -0.2) is 13.6 Å². The maximum atomic E-state index is 13.1. The summed E-state index contributed by atoms with van der Waals surface area (Å²) in [6.45, 7) is 0.524. The first-order chi connectivity index (χ1) is 10.0. The average molecular weight is 297 g/mol. The molecule has 0 aromatic heterocycles. The Balaban J connectivity index is 1.94. The van der Waals surface area contributed by atoms with E-state index in [0.29, 0.717) is 24.9 Å². The third-order valence-corrected chi connectivity index (χ3v) is 3.66. The Kier molecular flexibility index (Phi) is 4.88. The lowest BCUT2D eigenvalue weighted by molar-refractivity contribution is -0.150. The summed E-state index contributed by atoms with van der Waals surface area (Å²) in [6.07, 6.45) is 1.82. The lowest BCUT2D eigenvalue weighted by atomic mass is 10.1. The Labute approximate surface area is 121 Å². The average Bonchev–Trinajstić information content (AvgIpc) is 2.97. The van der Waals surface area contributed by atoms with Crippen molar-refractivity contribution >= 4 is 11.9 Å². The van der Waals surface area contributed by atoms with Crippen molar-refractivity contribution in [2.24, 2.45) is 0 Å². The summed E-state index contributed by atoms with van der Waals surface area (Å²) in [5.74, 6) is -2.41. The molecule has 1 unspecified atom stereocenters. The largest absolute Gasteiger partial charge is 0.467 e. The van der Waals surface area contributed by atoms with Gasteiger partial charge in [0, 0.05) is 13.0 Å². The second kappa shape index (κ2) is 6.65. The number of hydrogen-bond donors (Lipinski definition) is 0. The number of ether oxygens (including phenoxy) is 1. The molecule has 21 heavy (non-hydrogen) atoms. The van der Waals surface area contributed by atoms with Gasteiger partial charge in [-0.2, -0.15) is 0 Å². The number of amides is 1. The van der Waals surface area contributed by atoms with Crippen LogP contribution in [-0.2, 0) is 20.7 Å². The Morgan fingerprint density at radius 2 is 2.10 bits per heavy atom. The molecule has 1 atom stereocenters. The molecular weight excluding hydrogens is 280 g/mol. The second-order valence-electron chi connectivity index (χ2n) is 5.02. The predicted octanol–water partition coefficient (Wildman–Crippen LogP) is 2.06. The number of hydrogen-bond acceptors (Lipinski definition) is 3. The fourth-order valence-corrected chi connectivity index (χ4v) is 2.54. The Morgan fingerprint density at radius 3 is 2.76 bits per heavy atom. The monoisotopic (exact) mass is 297 g/mol. The van der Waals surface area contributed by atoms with Crippen LogP contribution in [-0.4, -0.2) is 36.5 Å². The summed E-state index contributed by atoms with van der Waals surface area (Å²) < 4.78 is 30.6. The third-order valence-electron chi connectivity index (χ3n) is 3.66. The van der Waals surface area contributed by atoms with E-state index in [4.69, 9.17) is 0 Å². The third kappa shape index (κ3) is 3.56. The van der Waals surface area contributed by atoms with Crippen molar-refractivity contribution in [1.82, 2.24) is 4.90 Å². The number of esters is 1. The molecule has 1 aromatic carbocycles. The summed E-state index contributed by atoms with van der Waals surface area (Å²) in [4.78, 5) is 25.2. The van der Waals surface area contributed by atoms with Crippen LogP contribution in [0.5, 0.6) is 0 Å². The van der Waals surface area contributed by atoms with E-state index in [9.17, 15) is 18.4 Å². The number of nitrogens with zero attached hydrogens (tertiary/aromatic N) is 1. The molecular formula is C15H17F2NO3. The molecule has 2 rings (SSSR count). The second-order valence-corrected chi connectivity index (χ2v) is 5.02. The SMILES string of the molecule is COC(=O)C1CCCN1C(=O)CCc1ccc(F)c(F)c1. The van der Waals surface area contributed by atoms with Crippen molar-refractivity contribution in [2.75, 3.05) is 13.7 Å². The van der Waals surface area contributed by atoms with Gasteiger partial charge in [0.25, 0.3) is 0 Å². The molecule has 0 aliphatic carbocycles. The molecule has 0 saturated carbocycles. The van der Waals surface area contributed by atoms with Gasteiger partial charge < -0.3 is 9.64 Å². The number of carbonyl (C=O) groups is 2. The first kappa shape index (κ1) is 15.4. The van der Waals surface area contributed by atoms with Gasteiger partial charge in [-0.3, -0.25) is 4.79 Å². The number of methoxy groups -OCH3 is 1. The molecule has 1 aromatic rings. The molecule has 6 heteroatoms. The van der Waals surface area contributed by atoms with Crippen LogP contribution >= 0.6 is 0 Å². The normalized spacial score (nSPS) is 17.9. The van der Waals surface area contributed by atoms with Gasteiger partial charge in [-0.1, -0.05) is 6.07 Å². The van der Waals surface area contributed by atoms with E-state index in [1.54, 1.807) is 0 Å². The lowest BCUT2D eigenvalue weighted by Gasteiger charge is -2.22. The van der Waals surface area contributed by atoms with E-state index < -0.39 is 23.6 Å². The smallest absolute Gasteiger partial charge is 0.328 e. The highest BCUT2D eigenvalue weighted by Gasteiger charge is 2.34. The molecule has 1 heterocycles. The van der Waals surface area contributed by atoms with Crippen molar-refractivity contribution in [2.45, 2.75) is 31.7 Å². The predicted molar refractivity (Wildman–Crippen MR) is 71.4 cm³/mol. The summed E-state index contributed by atoms with van der Waals surface area (Å²) in [6, 6.07) is 3.06. The molecule has 0 spiro atoms. The van der Waals surface area contributed by atoms with Gasteiger partial charge in [0.15, 0.2) is 11.6 Å². The first-order valence-electron chi connectivity index (χ1n) is 6.84. The molecule has 0 bridgehead atoms. The molecule has 4 nitrogen and oxygen atoms in total. The number of carbonyl (C=O) groups excluding carboxylic acids is 2. The highest BCUT2D eigenvalue weighted by molar-refractivity contribution is 5.85. The van der Waals surface area contributed by atoms with Crippen LogP contribution in [0, 0.1) is 11.6 Å². The number of halogens is 2. The van der Waals surface area contributed by atoms with Gasteiger partial charge in [0.1, 0.15) is 6.04 Å². The fraction of sp³-hybridized carbons (Fsp3) is 0.467. The topological polar surface area (TPSA) is 46.6 Å². The zero-order valence-electron chi connectivity index (χ0n) is 11.8. The molecule has 1 aliphatic rings. The van der Waals surface area contributed by atoms with Crippen LogP contribution in [0.2, 0.25) is 0 Å². The van der Waals surface area contributed by atoms with Crippen molar-refractivity contribution in [1.29, 1.82) is 0 Å². The summed E-state index contributed by atoms with van der Waals surface area (Å²) >= 11 is 0. The molecule has 0 N–H and O–H groups in total. The van der Waals surface area contributed by atoms with E-state index >= 15 is 0 Å². The van der Waals surface area contributed by atoms with E-state index in [-0.39, 0.29) is 12.3 Å². The maximum Gasteiger partial charge on any atom is 0.328 e. The lowest BCUT2D eigenvalue weighted by Crippen LogP contribution is -2.41. The maximum absolute atomic E-state index is 13.1. The first-order valence-corrected chi connectivity index (χ1v) is 6.84. The van der Waals surface area contributed by atoms with Crippen LogP contribution in [0.25, 0.3) is 0 Å². The van der Waals surface area contributed by atoms with E-state index in [1.807, 2.05) is 0 Å². The quantitative estimate of drug-likeness (QED) is 0.799. The van der Waals surface area contributed by atoms with Gasteiger partial charge in [-0.15, -0.1) is 0 Å². The highest BCUT2D eigenvalue weighted by Crippen LogP contribution is 2.20. The van der Waals surface area contributed by atoms with Crippen LogP contribution in [0.1, 0.15) is 24.8 Å². The van der Waals surface area contributed by atoms with Crippen molar-refractivity contribution < 1.29 is 23.1 Å². The zero-order valence-corrected chi connectivity index (χ0v) is 11.8. The minimum Gasteiger partial charge on any atom is -0.467 e. The Bertz CT molecular complexity index is 548. The van der Waals surface area contributed by atoms with Gasteiger partial charge in [0.05, 0.1) is 7.11 Å². The molecule has 1 saturated heterocycles. The summed E-state index contributed by atoms with van der Waals surface area (Å²) in [5, 5.41) is 0. The van der Waals surface area contributed by atoms with Crippen molar-refractivity contribution in [3.8, 4) is 0 Å². The zero-order chi connectivity index (χ0) is 15.4. The van der Waals surface area contributed by atoms with E-state index in [0.717, 1.165) is 18.6 Å². The number of aryl methyl sites for hydroxylation is 1. The molecule has 1 amide bonds. The minimum absolute atomic E-state index is 0.151. The van der Waals surface area contributed by atoms with E-state index in [1.165, 1.54) is 18.1 Å². The number of likely N-dealkylation sites (tertiary alicyclic amines) is 1. The van der Waals surface area contributed by atoms with E-state index in [2.05, 4.69) is 4.74 Å². The Morgan fingerprint density at radius 1 is 1.33 bits per heavy atom. The van der Waals surface area contributed by atoms with Gasteiger partial charge in [0.2, 0.25) is 5.91 Å². The molecule has 1 aliphatic heterocycles. The van der Waals surface area contributed by atoms with Crippen molar-refractivity contribution in [3.63, 3.8) is 0 Å². The molecule has 1 fully saturated rings. The number of rotatable bonds is 4. The molecule has 114 valence electrons. The summed E-state index contributed by atoms with van der Waals surface area (Å²) in [5.41, 5.74) is 0.552. The minimum atomic E-state index is -0.923. The fourth-order valence-electron chi connectivity index (χ4n) is 2.54. The summed E-state index contributed by atoms with van der Waals surface area (Å²) in [7, 11) is 1.30. The Hall–Kier alpha value is -1.98. The van der Waals surface area contributed by atoms with Crippen LogP contribution in [0.3, 0.4) is 0 Å². The van der Waals surface area contributed by atoms with Crippen LogP contribution in [0.15, 0.2) is 18.2 Å². The molecule has 0 radical (unpaired) electrons. The highest BCUT2D eigenvalue weighted by atomic mass is 19.2. The number of benzene rings is 1. The van der Waals surface area contributed by atoms with Gasteiger partial charge in [-0.05, 0) is 37.0 Å². The van der Waals surface area contributed by atoms with Crippen LogP contribution in [0.4, 0.5) is 8.78 Å². The van der Waals surface area contributed by atoms with Crippen LogP contribution < -0.4 is 0 Å². The van der Waals surface area contributed by atoms with Gasteiger partial charge >= 0.3 is 5.97 Å². The van der Waals surface area contributed by atoms with Crippen molar-refractivity contribution in [3.05, 3.63) is 35.4 Å². The standard InChI is InChI=1S/C15H17F2NO3/c1-21-15(20)13-3-2-8-18(13)14(19)7-5-10-4-6-11(16)12(17)9-10/h4,6,9,13H,2-3,5,7-8H2,1H3.